The van der Waals surface area contributed by atoms with Crippen LogP contribution in [0.25, 0.3) is 12.2 Å². The minimum Gasteiger partial charge on any atom is -0.494 e. The minimum atomic E-state index is -0.394. The lowest BCUT2D eigenvalue weighted by Gasteiger charge is -2.16. The first-order valence-corrected chi connectivity index (χ1v) is 14.1. The zero-order valence-corrected chi connectivity index (χ0v) is 22.1. The van der Waals surface area contributed by atoms with E-state index < -0.39 is 4.92 Å². The number of unbranched alkanes of at least 4 members (excludes halogenated alkanes) is 7. The number of hydrogen-bond donors (Lipinski definition) is 0. The van der Waals surface area contributed by atoms with E-state index in [1.54, 1.807) is 12.1 Å². The van der Waals surface area contributed by atoms with Gasteiger partial charge < -0.3 is 9.47 Å². The summed E-state index contributed by atoms with van der Waals surface area (Å²) < 4.78 is 11.4. The lowest BCUT2D eigenvalue weighted by Crippen LogP contribution is -2.21. The molecule has 6 nitrogen and oxygen atoms in total. The van der Waals surface area contributed by atoms with Gasteiger partial charge in [0.1, 0.15) is 5.75 Å². The summed E-state index contributed by atoms with van der Waals surface area (Å²) >= 11 is 0. The normalized spacial score (nSPS) is 19.7. The van der Waals surface area contributed by atoms with Gasteiger partial charge in [-0.1, -0.05) is 75.0 Å². The van der Waals surface area contributed by atoms with Crippen LogP contribution in [-0.4, -0.2) is 24.1 Å². The Bertz CT molecular complexity index is 1090. The molecule has 2 aliphatic rings. The standard InChI is InChI=1S/C32H39NO5/c34-32(31-24-27-11-16-28(31)23-27)38-22-8-6-4-2-1-3-5-7-21-37-30-19-14-26(15-20-30)10-9-25-12-17-29(18-13-25)33(35)36/h9-20,27-28,31H,1-8,21-24H2/b10-9+. The van der Waals surface area contributed by atoms with Crippen molar-refractivity contribution in [2.45, 2.75) is 64.2 Å². The van der Waals surface area contributed by atoms with Gasteiger partial charge in [0.25, 0.3) is 5.69 Å². The van der Waals surface area contributed by atoms with E-state index in [0.717, 1.165) is 55.6 Å². The second kappa shape index (κ2) is 14.5. The molecule has 4 rings (SSSR count). The molecule has 38 heavy (non-hydrogen) atoms. The van der Waals surface area contributed by atoms with Crippen molar-refractivity contribution >= 4 is 23.8 Å². The molecule has 2 aromatic rings. The molecule has 0 radical (unpaired) electrons. The van der Waals surface area contributed by atoms with Gasteiger partial charge in [-0.05, 0) is 72.9 Å². The minimum absolute atomic E-state index is 0.0246. The zero-order chi connectivity index (χ0) is 26.6. The third kappa shape index (κ3) is 8.57. The molecule has 202 valence electrons. The number of nitro groups is 1. The number of ether oxygens (including phenoxy) is 2. The number of non-ortho nitro benzene ring substituents is 1. The van der Waals surface area contributed by atoms with Crippen molar-refractivity contribution in [3.8, 4) is 5.75 Å². The summed E-state index contributed by atoms with van der Waals surface area (Å²) in [6.45, 7) is 1.30. The van der Waals surface area contributed by atoms with Crippen molar-refractivity contribution in [2.24, 2.45) is 17.8 Å². The Morgan fingerprint density at radius 3 is 1.92 bits per heavy atom. The van der Waals surface area contributed by atoms with E-state index in [1.165, 1.54) is 44.2 Å². The molecular formula is C32H39NO5. The molecule has 1 fully saturated rings. The van der Waals surface area contributed by atoms with Crippen LogP contribution in [0.15, 0.2) is 60.7 Å². The van der Waals surface area contributed by atoms with Crippen LogP contribution in [0.4, 0.5) is 5.69 Å². The van der Waals surface area contributed by atoms with Crippen molar-refractivity contribution in [3.05, 3.63) is 81.9 Å². The van der Waals surface area contributed by atoms with E-state index in [9.17, 15) is 14.9 Å². The molecular weight excluding hydrogens is 478 g/mol. The molecule has 3 unspecified atom stereocenters. The predicted molar refractivity (Wildman–Crippen MR) is 151 cm³/mol. The van der Waals surface area contributed by atoms with E-state index in [0.29, 0.717) is 18.4 Å². The summed E-state index contributed by atoms with van der Waals surface area (Å²) in [5.41, 5.74) is 2.06. The summed E-state index contributed by atoms with van der Waals surface area (Å²) in [7, 11) is 0. The Kier molecular flexibility index (Phi) is 10.5. The Hall–Kier alpha value is -3.41. The van der Waals surface area contributed by atoms with Crippen LogP contribution in [0.2, 0.25) is 0 Å². The van der Waals surface area contributed by atoms with E-state index >= 15 is 0 Å². The third-order valence-corrected chi connectivity index (χ3v) is 7.59. The van der Waals surface area contributed by atoms with Crippen molar-refractivity contribution in [1.82, 2.24) is 0 Å². The number of carbonyl (C=O) groups is 1. The Morgan fingerprint density at radius 2 is 1.37 bits per heavy atom. The number of rotatable bonds is 16. The first-order valence-electron chi connectivity index (χ1n) is 14.1. The highest BCUT2D eigenvalue weighted by Gasteiger charge is 2.40. The number of nitrogens with zero attached hydrogens (tertiary/aromatic N) is 1. The summed E-state index contributed by atoms with van der Waals surface area (Å²) in [6.07, 6.45) is 19.8. The number of benzene rings is 2. The molecule has 0 amide bonds. The largest absolute Gasteiger partial charge is 0.494 e. The topological polar surface area (TPSA) is 78.7 Å². The molecule has 0 aliphatic heterocycles. The maximum atomic E-state index is 12.2. The Balaban J connectivity index is 0.970. The van der Waals surface area contributed by atoms with Crippen LogP contribution in [0.5, 0.6) is 5.75 Å². The molecule has 1 saturated carbocycles. The quantitative estimate of drug-likeness (QED) is 0.0562. The number of hydrogen-bond acceptors (Lipinski definition) is 5. The lowest BCUT2D eigenvalue weighted by atomic mass is 9.94. The fraction of sp³-hybridized carbons (Fsp3) is 0.469. The van der Waals surface area contributed by atoms with Crippen LogP contribution < -0.4 is 4.74 Å². The third-order valence-electron chi connectivity index (χ3n) is 7.59. The number of fused-ring (bicyclic) bond motifs is 2. The average Bonchev–Trinajstić information content (AvgIpc) is 3.57. The number of carbonyl (C=O) groups excluding carboxylic acids is 1. The molecule has 0 N–H and O–H groups in total. The number of nitro benzene ring substituents is 1. The maximum Gasteiger partial charge on any atom is 0.309 e. The van der Waals surface area contributed by atoms with Crippen LogP contribution in [0, 0.1) is 27.9 Å². The van der Waals surface area contributed by atoms with Gasteiger partial charge in [0, 0.05) is 12.1 Å². The fourth-order valence-corrected chi connectivity index (χ4v) is 5.36. The molecule has 2 bridgehead atoms. The van der Waals surface area contributed by atoms with E-state index in [2.05, 4.69) is 12.2 Å². The first-order chi connectivity index (χ1) is 18.6. The van der Waals surface area contributed by atoms with Gasteiger partial charge in [-0.15, -0.1) is 0 Å². The summed E-state index contributed by atoms with van der Waals surface area (Å²) in [5.74, 6) is 2.06. The molecule has 0 heterocycles. The van der Waals surface area contributed by atoms with Gasteiger partial charge in [0.15, 0.2) is 0 Å². The fourth-order valence-electron chi connectivity index (χ4n) is 5.36. The maximum absolute atomic E-state index is 12.2. The molecule has 0 spiro atoms. The summed E-state index contributed by atoms with van der Waals surface area (Å²) in [4.78, 5) is 22.6. The van der Waals surface area contributed by atoms with Crippen molar-refractivity contribution in [3.63, 3.8) is 0 Å². The second-order valence-corrected chi connectivity index (χ2v) is 10.5. The lowest BCUT2D eigenvalue weighted by molar-refractivity contribution is -0.384. The van der Waals surface area contributed by atoms with Crippen LogP contribution in [-0.2, 0) is 9.53 Å². The Morgan fingerprint density at radius 1 is 0.789 bits per heavy atom. The predicted octanol–water partition coefficient (Wildman–Crippen LogP) is 8.02. The molecule has 2 aromatic carbocycles. The van der Waals surface area contributed by atoms with Gasteiger partial charge in [-0.25, -0.2) is 0 Å². The van der Waals surface area contributed by atoms with Gasteiger partial charge in [-0.2, -0.15) is 0 Å². The van der Waals surface area contributed by atoms with Crippen LogP contribution in [0.3, 0.4) is 0 Å². The number of esters is 1. The summed E-state index contributed by atoms with van der Waals surface area (Å²) in [6, 6.07) is 14.5. The van der Waals surface area contributed by atoms with E-state index in [1.807, 2.05) is 36.4 Å². The van der Waals surface area contributed by atoms with Gasteiger partial charge in [-0.3, -0.25) is 14.9 Å². The van der Waals surface area contributed by atoms with E-state index in [4.69, 9.17) is 9.47 Å². The molecule has 2 aliphatic carbocycles. The van der Waals surface area contributed by atoms with Gasteiger partial charge in [0.05, 0.1) is 24.1 Å². The monoisotopic (exact) mass is 517 g/mol. The first kappa shape index (κ1) is 27.6. The second-order valence-electron chi connectivity index (χ2n) is 10.5. The molecule has 6 heteroatoms. The smallest absolute Gasteiger partial charge is 0.309 e. The van der Waals surface area contributed by atoms with Crippen molar-refractivity contribution in [1.29, 1.82) is 0 Å². The SMILES string of the molecule is O=C(OCCCCCCCCCCOc1ccc(/C=C/c2ccc([N+](=O)[O-])cc2)cc1)C1CC2C=CC1C2. The van der Waals surface area contributed by atoms with E-state index in [-0.39, 0.29) is 17.6 Å². The highest BCUT2D eigenvalue weighted by molar-refractivity contribution is 5.74. The molecule has 3 atom stereocenters. The highest BCUT2D eigenvalue weighted by Crippen LogP contribution is 2.43. The Labute approximate surface area is 225 Å². The highest BCUT2D eigenvalue weighted by atomic mass is 16.6. The average molecular weight is 518 g/mol. The number of allylic oxidation sites excluding steroid dienone is 2. The van der Waals surface area contributed by atoms with Crippen LogP contribution in [0.1, 0.15) is 75.3 Å². The van der Waals surface area contributed by atoms with Crippen molar-refractivity contribution in [2.75, 3.05) is 13.2 Å². The van der Waals surface area contributed by atoms with Gasteiger partial charge in [0.2, 0.25) is 0 Å². The zero-order valence-electron chi connectivity index (χ0n) is 22.1. The summed E-state index contributed by atoms with van der Waals surface area (Å²) in [5, 5.41) is 10.7. The molecule has 0 aromatic heterocycles. The van der Waals surface area contributed by atoms with Gasteiger partial charge >= 0.3 is 5.97 Å². The molecule has 0 saturated heterocycles. The van der Waals surface area contributed by atoms with Crippen molar-refractivity contribution < 1.29 is 19.2 Å². The van der Waals surface area contributed by atoms with Crippen LogP contribution >= 0.6 is 0 Å².